The molecule has 0 spiro atoms. The molecular weight excluding hydrogens is 553 g/mol. The van der Waals surface area contributed by atoms with Crippen LogP contribution in [0.1, 0.15) is 68.3 Å². The number of amides is 2. The van der Waals surface area contributed by atoms with Crippen LogP contribution in [-0.2, 0) is 9.53 Å². The van der Waals surface area contributed by atoms with Crippen LogP contribution in [0.25, 0.3) is 16.9 Å². The van der Waals surface area contributed by atoms with Gasteiger partial charge in [0.2, 0.25) is 5.91 Å². The molecule has 3 N–H and O–H groups in total. The maximum atomic E-state index is 14.5. The summed E-state index contributed by atoms with van der Waals surface area (Å²) in [6.45, 7) is 3.68. The summed E-state index contributed by atoms with van der Waals surface area (Å²) in [5.41, 5.74) is 1.26. The molecule has 7 rings (SSSR count). The van der Waals surface area contributed by atoms with Gasteiger partial charge >= 0.3 is 0 Å². The Hall–Kier alpha value is -4.08. The summed E-state index contributed by atoms with van der Waals surface area (Å²) in [7, 11) is 0. The molecule has 4 heterocycles. The molecular formula is C31H36FN7O4. The number of rotatable bonds is 8. The minimum atomic E-state index is -1.65. The van der Waals surface area contributed by atoms with Gasteiger partial charge in [-0.2, -0.15) is 10.4 Å². The molecule has 1 unspecified atom stereocenters. The van der Waals surface area contributed by atoms with Crippen molar-refractivity contribution in [3.05, 3.63) is 47.8 Å². The number of aliphatic hydroxyl groups is 1. The maximum absolute atomic E-state index is 14.5. The minimum Gasteiger partial charge on any atom is -0.387 e. The van der Waals surface area contributed by atoms with E-state index < -0.39 is 17.7 Å². The summed E-state index contributed by atoms with van der Waals surface area (Å²) in [5, 5.41) is 30.0. The van der Waals surface area contributed by atoms with Gasteiger partial charge < -0.3 is 25.4 Å². The van der Waals surface area contributed by atoms with Gasteiger partial charge in [0.1, 0.15) is 18.8 Å². The molecule has 1 saturated heterocycles. The number of alkyl halides is 1. The number of nitriles is 1. The van der Waals surface area contributed by atoms with Crippen molar-refractivity contribution < 1.29 is 23.8 Å². The number of hydrogen-bond donors (Lipinski definition) is 3. The monoisotopic (exact) mass is 589 g/mol. The van der Waals surface area contributed by atoms with E-state index in [9.17, 15) is 24.3 Å². The van der Waals surface area contributed by atoms with Crippen molar-refractivity contribution in [1.82, 2.24) is 24.8 Å². The Balaban J connectivity index is 1.30. The van der Waals surface area contributed by atoms with Gasteiger partial charge in [-0.15, -0.1) is 0 Å². The molecule has 3 aromatic rings. The highest BCUT2D eigenvalue weighted by molar-refractivity contribution is 6.00. The summed E-state index contributed by atoms with van der Waals surface area (Å²) >= 11 is 0. The first-order chi connectivity index (χ1) is 20.5. The van der Waals surface area contributed by atoms with E-state index in [0.29, 0.717) is 35.8 Å². The van der Waals surface area contributed by atoms with Gasteiger partial charge in [-0.1, -0.05) is 0 Å². The van der Waals surface area contributed by atoms with Gasteiger partial charge in [0.25, 0.3) is 5.91 Å². The van der Waals surface area contributed by atoms with Gasteiger partial charge in [-0.25, -0.2) is 8.91 Å². The Morgan fingerprint density at radius 3 is 2.63 bits per heavy atom. The second-order valence-corrected chi connectivity index (χ2v) is 12.6. The smallest absolute Gasteiger partial charge is 0.255 e. The van der Waals surface area contributed by atoms with Crippen molar-refractivity contribution in [3.8, 4) is 17.5 Å². The molecule has 11 nitrogen and oxygen atoms in total. The van der Waals surface area contributed by atoms with Crippen molar-refractivity contribution >= 4 is 23.0 Å². The Labute approximate surface area is 249 Å². The SMILES string of the molecule is CC(C)(O)C(F)CNC(=O)c1cnc(-c2ccc3cc(C#N)cnn23)cc1NC12CCC(N3CCOCC3=O)(CC1)CC2. The molecule has 12 heteroatoms. The lowest BCUT2D eigenvalue weighted by atomic mass is 9.60. The molecule has 3 saturated carbocycles. The van der Waals surface area contributed by atoms with Crippen molar-refractivity contribution in [3.63, 3.8) is 0 Å². The topological polar surface area (TPSA) is 145 Å². The summed E-state index contributed by atoms with van der Waals surface area (Å²) in [6, 6.07) is 9.36. The van der Waals surface area contributed by atoms with Gasteiger partial charge in [0.05, 0.1) is 58.7 Å². The lowest BCUT2D eigenvalue weighted by Gasteiger charge is -2.58. The van der Waals surface area contributed by atoms with Crippen molar-refractivity contribution in [2.45, 2.75) is 75.2 Å². The molecule has 1 aliphatic heterocycles. The van der Waals surface area contributed by atoms with Crippen LogP contribution in [0.2, 0.25) is 0 Å². The Morgan fingerprint density at radius 1 is 1.21 bits per heavy atom. The van der Waals surface area contributed by atoms with E-state index >= 15 is 0 Å². The lowest BCUT2D eigenvalue weighted by molar-refractivity contribution is -0.157. The number of hydrogen-bond acceptors (Lipinski definition) is 8. The van der Waals surface area contributed by atoms with Gasteiger partial charge in [-0.05, 0) is 76.6 Å². The summed E-state index contributed by atoms with van der Waals surface area (Å²) in [6.07, 6.45) is 6.37. The number of pyridine rings is 1. The van der Waals surface area contributed by atoms with E-state index in [0.717, 1.165) is 44.0 Å². The molecule has 4 fully saturated rings. The normalized spacial score (nSPS) is 24.5. The van der Waals surface area contributed by atoms with Gasteiger partial charge in [0, 0.05) is 23.8 Å². The Kier molecular flexibility index (Phi) is 7.34. The molecule has 4 aliphatic rings. The van der Waals surface area contributed by atoms with Gasteiger partial charge in [-0.3, -0.25) is 14.6 Å². The molecule has 43 heavy (non-hydrogen) atoms. The number of ether oxygens (including phenoxy) is 1. The zero-order valence-corrected chi connectivity index (χ0v) is 24.4. The van der Waals surface area contributed by atoms with E-state index in [1.165, 1.54) is 26.2 Å². The largest absolute Gasteiger partial charge is 0.387 e. The van der Waals surface area contributed by atoms with E-state index in [-0.39, 0.29) is 35.7 Å². The third kappa shape index (κ3) is 5.43. The zero-order valence-electron chi connectivity index (χ0n) is 24.4. The average Bonchev–Trinajstić information content (AvgIpc) is 3.43. The van der Waals surface area contributed by atoms with E-state index in [4.69, 9.17) is 4.74 Å². The zero-order chi connectivity index (χ0) is 30.4. The fourth-order valence-corrected chi connectivity index (χ4v) is 6.72. The summed E-state index contributed by atoms with van der Waals surface area (Å²) in [4.78, 5) is 32.7. The Morgan fingerprint density at radius 2 is 1.95 bits per heavy atom. The molecule has 3 aromatic heterocycles. The predicted octanol–water partition coefficient (Wildman–Crippen LogP) is 3.22. The number of nitrogens with one attached hydrogen (secondary N) is 2. The third-order valence-corrected chi connectivity index (χ3v) is 9.41. The highest BCUT2D eigenvalue weighted by Crippen LogP contribution is 2.51. The number of morpholine rings is 1. The first-order valence-corrected chi connectivity index (χ1v) is 14.7. The van der Waals surface area contributed by atoms with Crippen molar-refractivity contribution in [2.75, 3.05) is 31.6 Å². The summed E-state index contributed by atoms with van der Waals surface area (Å²) < 4.78 is 21.5. The van der Waals surface area contributed by atoms with E-state index in [1.54, 1.807) is 10.6 Å². The average molecular weight is 590 g/mol. The number of carbonyl (C=O) groups is 2. The second-order valence-electron chi connectivity index (χ2n) is 12.6. The first-order valence-electron chi connectivity index (χ1n) is 14.7. The number of halogens is 1. The molecule has 1 atom stereocenters. The molecule has 0 aromatic carbocycles. The number of carbonyl (C=O) groups excluding carboxylic acids is 2. The lowest BCUT2D eigenvalue weighted by Crippen LogP contribution is -2.64. The van der Waals surface area contributed by atoms with Crippen LogP contribution >= 0.6 is 0 Å². The van der Waals surface area contributed by atoms with Crippen LogP contribution in [0.3, 0.4) is 0 Å². The molecule has 0 radical (unpaired) electrons. The number of nitrogens with zero attached hydrogens (tertiary/aromatic N) is 5. The number of anilines is 1. The van der Waals surface area contributed by atoms with Crippen LogP contribution < -0.4 is 10.6 Å². The van der Waals surface area contributed by atoms with Crippen LogP contribution in [0, 0.1) is 11.3 Å². The fraction of sp³-hybridized carbons (Fsp3) is 0.516. The number of fused-ring (bicyclic) bond motifs is 4. The Bertz CT molecular complexity index is 1580. The van der Waals surface area contributed by atoms with Crippen LogP contribution in [0.4, 0.5) is 10.1 Å². The fourth-order valence-electron chi connectivity index (χ4n) is 6.72. The van der Waals surface area contributed by atoms with Crippen LogP contribution in [0.5, 0.6) is 0 Å². The maximum Gasteiger partial charge on any atom is 0.255 e. The highest BCUT2D eigenvalue weighted by atomic mass is 19.1. The molecule has 226 valence electrons. The van der Waals surface area contributed by atoms with E-state index in [2.05, 4.69) is 26.8 Å². The molecule has 3 aliphatic carbocycles. The standard InChI is InChI=1S/C31H36FN7O4/c1-29(2,42)26(32)18-35-28(41)22-17-34-24(25-4-3-21-13-20(15-33)16-36-39(21)25)14-23(22)37-30-5-8-31(9-6-30,10-7-30)38-11-12-43-19-27(38)40/h3-4,13-14,16-17,26,42H,5-12,18-19H2,1-2H3,(H,34,37)(H,35,41). The van der Waals surface area contributed by atoms with Gasteiger partial charge in [0.15, 0.2) is 0 Å². The second kappa shape index (κ2) is 10.9. The van der Waals surface area contributed by atoms with E-state index in [1.807, 2.05) is 23.1 Å². The summed E-state index contributed by atoms with van der Waals surface area (Å²) in [5.74, 6) is -0.444. The van der Waals surface area contributed by atoms with Crippen LogP contribution in [-0.4, -0.2) is 85.6 Å². The van der Waals surface area contributed by atoms with Crippen LogP contribution in [0.15, 0.2) is 36.7 Å². The first kappa shape index (κ1) is 29.0. The number of aromatic nitrogens is 3. The van der Waals surface area contributed by atoms with Crippen molar-refractivity contribution in [1.29, 1.82) is 5.26 Å². The van der Waals surface area contributed by atoms with Crippen molar-refractivity contribution in [2.24, 2.45) is 0 Å². The molecule has 2 amide bonds. The predicted molar refractivity (Wildman–Crippen MR) is 156 cm³/mol. The highest BCUT2D eigenvalue weighted by Gasteiger charge is 2.53. The molecule has 2 bridgehead atoms. The third-order valence-electron chi connectivity index (χ3n) is 9.41. The quantitative estimate of drug-likeness (QED) is 0.363. The minimum absolute atomic E-state index is 0.0542.